The Balaban J connectivity index is 1.26. The van der Waals surface area contributed by atoms with E-state index in [1.165, 1.54) is 6.92 Å². The van der Waals surface area contributed by atoms with E-state index in [9.17, 15) is 19.2 Å². The molecule has 0 N–H and O–H groups in total. The summed E-state index contributed by atoms with van der Waals surface area (Å²) in [6.07, 6.45) is 4.30. The number of allylic oxidation sites excluding steroid dienone is 2. The zero-order valence-corrected chi connectivity index (χ0v) is 15.5. The number of ether oxygens (including phenoxy) is 1. The van der Waals surface area contributed by atoms with Crippen LogP contribution in [0.5, 0.6) is 0 Å². The van der Waals surface area contributed by atoms with Gasteiger partial charge in [0.25, 0.3) is 0 Å². The minimum absolute atomic E-state index is 0.121. The number of amides is 2. The van der Waals surface area contributed by atoms with Crippen LogP contribution in [0, 0.1) is 35.5 Å². The van der Waals surface area contributed by atoms with Crippen molar-refractivity contribution in [1.29, 1.82) is 0 Å². The molecule has 1 saturated heterocycles. The lowest BCUT2D eigenvalue weighted by atomic mass is 9.63. The Morgan fingerprint density at radius 2 is 1.61 bits per heavy atom. The van der Waals surface area contributed by atoms with Crippen LogP contribution in [0.25, 0.3) is 0 Å². The van der Waals surface area contributed by atoms with Crippen LogP contribution in [0.4, 0.5) is 0 Å². The molecular weight excluding hydrogens is 358 g/mol. The smallest absolute Gasteiger partial charge is 0.326 e. The van der Waals surface area contributed by atoms with Crippen molar-refractivity contribution in [3.63, 3.8) is 0 Å². The molecule has 1 aromatic rings. The summed E-state index contributed by atoms with van der Waals surface area (Å²) in [7, 11) is 0. The number of ketones is 1. The number of imide groups is 1. The highest BCUT2D eigenvalue weighted by Gasteiger charge is 2.67. The van der Waals surface area contributed by atoms with Gasteiger partial charge in [-0.2, -0.15) is 0 Å². The molecule has 1 heterocycles. The molecule has 6 nitrogen and oxygen atoms in total. The molecule has 28 heavy (non-hydrogen) atoms. The van der Waals surface area contributed by atoms with Gasteiger partial charge < -0.3 is 4.74 Å². The molecule has 2 saturated carbocycles. The number of esters is 1. The summed E-state index contributed by atoms with van der Waals surface area (Å²) in [5.41, 5.74) is 0.448. The second-order valence-electron chi connectivity index (χ2n) is 8.28. The van der Waals surface area contributed by atoms with Gasteiger partial charge in [-0.15, -0.1) is 0 Å². The van der Waals surface area contributed by atoms with Crippen molar-refractivity contribution < 1.29 is 23.9 Å². The summed E-state index contributed by atoms with van der Waals surface area (Å²) in [6, 6.07) is 8.57. The number of hydrogen-bond donors (Lipinski definition) is 0. The SMILES string of the molecule is C[C@H](OC(=O)CN1C(=O)[C@@H]2[C@H]3C=C[C@@H]([C@@H]4C[C@H]34)[C@H]2C1=O)C(=O)c1ccccc1. The molecule has 7 atom stereocenters. The van der Waals surface area contributed by atoms with Crippen molar-refractivity contribution >= 4 is 23.6 Å². The zero-order chi connectivity index (χ0) is 19.6. The maximum atomic E-state index is 12.9. The predicted molar refractivity (Wildman–Crippen MR) is 97.7 cm³/mol. The lowest BCUT2D eigenvalue weighted by Gasteiger charge is -2.37. The second-order valence-corrected chi connectivity index (χ2v) is 8.28. The summed E-state index contributed by atoms with van der Waals surface area (Å²) < 4.78 is 5.23. The third-order valence-electron chi connectivity index (χ3n) is 6.78. The molecule has 2 bridgehead atoms. The van der Waals surface area contributed by atoms with E-state index in [-0.39, 0.29) is 41.3 Å². The summed E-state index contributed by atoms with van der Waals surface area (Å²) in [6.45, 7) is 1.07. The van der Waals surface area contributed by atoms with Gasteiger partial charge in [0.1, 0.15) is 6.54 Å². The monoisotopic (exact) mass is 379 g/mol. The van der Waals surface area contributed by atoms with Crippen LogP contribution in [0.1, 0.15) is 23.7 Å². The van der Waals surface area contributed by atoms with Crippen molar-refractivity contribution in [3.8, 4) is 0 Å². The maximum Gasteiger partial charge on any atom is 0.326 e. The minimum atomic E-state index is -0.976. The van der Waals surface area contributed by atoms with Gasteiger partial charge in [-0.3, -0.25) is 24.1 Å². The summed E-state index contributed by atoms with van der Waals surface area (Å²) in [5, 5.41) is 0. The van der Waals surface area contributed by atoms with Crippen molar-refractivity contribution in [2.45, 2.75) is 19.4 Å². The normalized spacial score (nSPS) is 35.4. The van der Waals surface area contributed by atoms with Crippen molar-refractivity contribution in [1.82, 2.24) is 4.90 Å². The van der Waals surface area contributed by atoms with Gasteiger partial charge in [-0.05, 0) is 37.0 Å². The fourth-order valence-electron chi connectivity index (χ4n) is 5.43. The molecule has 144 valence electrons. The molecule has 0 spiro atoms. The Labute approximate surface area is 162 Å². The first-order chi connectivity index (χ1) is 13.5. The number of benzene rings is 1. The molecule has 3 fully saturated rings. The van der Waals surface area contributed by atoms with Crippen LogP contribution in [0.15, 0.2) is 42.5 Å². The highest BCUT2D eigenvalue weighted by molar-refractivity contribution is 6.08. The molecule has 4 aliphatic carbocycles. The first-order valence-corrected chi connectivity index (χ1v) is 9.79. The Morgan fingerprint density at radius 1 is 1.04 bits per heavy atom. The number of carbonyl (C=O) groups is 4. The van der Waals surface area contributed by atoms with E-state index in [2.05, 4.69) is 12.2 Å². The van der Waals surface area contributed by atoms with Gasteiger partial charge in [0.2, 0.25) is 17.6 Å². The van der Waals surface area contributed by atoms with Crippen LogP contribution in [0.3, 0.4) is 0 Å². The van der Waals surface area contributed by atoms with Crippen molar-refractivity contribution in [3.05, 3.63) is 48.0 Å². The Hall–Kier alpha value is -2.76. The third kappa shape index (κ3) is 2.47. The van der Waals surface area contributed by atoms with Crippen LogP contribution < -0.4 is 0 Å². The highest BCUT2D eigenvalue weighted by Crippen LogP contribution is 2.65. The topological polar surface area (TPSA) is 80.8 Å². The largest absolute Gasteiger partial charge is 0.453 e. The average molecular weight is 379 g/mol. The van der Waals surface area contributed by atoms with E-state index in [0.29, 0.717) is 17.4 Å². The molecule has 1 aromatic carbocycles. The number of rotatable bonds is 5. The second kappa shape index (κ2) is 6.12. The lowest BCUT2D eigenvalue weighted by Crippen LogP contribution is -2.40. The lowest BCUT2D eigenvalue weighted by molar-refractivity contribution is -0.154. The summed E-state index contributed by atoms with van der Waals surface area (Å²) in [5.74, 6) is -0.965. The van der Waals surface area contributed by atoms with E-state index in [4.69, 9.17) is 4.74 Å². The number of carbonyl (C=O) groups excluding carboxylic acids is 4. The molecular formula is C22H21NO5. The van der Waals surface area contributed by atoms with E-state index in [1.54, 1.807) is 30.3 Å². The quantitative estimate of drug-likeness (QED) is 0.338. The fourth-order valence-corrected chi connectivity index (χ4v) is 5.43. The molecule has 6 rings (SSSR count). The van der Waals surface area contributed by atoms with Gasteiger partial charge in [0.05, 0.1) is 11.8 Å². The van der Waals surface area contributed by atoms with E-state index in [0.717, 1.165) is 11.3 Å². The van der Waals surface area contributed by atoms with E-state index >= 15 is 0 Å². The van der Waals surface area contributed by atoms with E-state index in [1.807, 2.05) is 0 Å². The van der Waals surface area contributed by atoms with Gasteiger partial charge in [-0.1, -0.05) is 42.5 Å². The number of Topliss-reactive ketones (excluding diaryl/α,β-unsaturated/α-hetero) is 1. The van der Waals surface area contributed by atoms with Crippen LogP contribution in [-0.4, -0.2) is 41.1 Å². The summed E-state index contributed by atoms with van der Waals surface area (Å²) >= 11 is 0. The first kappa shape index (κ1) is 17.3. The molecule has 0 aromatic heterocycles. The minimum Gasteiger partial charge on any atom is -0.453 e. The van der Waals surface area contributed by atoms with Crippen LogP contribution >= 0.6 is 0 Å². The molecule has 1 aliphatic heterocycles. The Kier molecular flexibility index (Phi) is 3.79. The van der Waals surface area contributed by atoms with Crippen LogP contribution in [0.2, 0.25) is 0 Å². The van der Waals surface area contributed by atoms with E-state index < -0.39 is 18.6 Å². The first-order valence-electron chi connectivity index (χ1n) is 9.79. The zero-order valence-electron chi connectivity index (χ0n) is 15.5. The van der Waals surface area contributed by atoms with Crippen LogP contribution in [-0.2, 0) is 19.1 Å². The van der Waals surface area contributed by atoms with Crippen molar-refractivity contribution in [2.75, 3.05) is 6.54 Å². The maximum absolute atomic E-state index is 12.9. The molecule has 0 unspecified atom stereocenters. The van der Waals surface area contributed by atoms with Gasteiger partial charge in [0, 0.05) is 5.56 Å². The highest BCUT2D eigenvalue weighted by atomic mass is 16.5. The fraction of sp³-hybridized carbons (Fsp3) is 0.455. The Bertz CT molecular complexity index is 871. The predicted octanol–water partition coefficient (Wildman–Crippen LogP) is 1.85. The standard InChI is InChI=1S/C22H21NO5/c1-11(20(25)12-5-3-2-4-6-12)28-17(24)10-23-21(26)18-13-7-8-14(16-9-15(13)16)19(18)22(23)27/h2-8,11,13-16,18-19H,9-10H2,1H3/t11-,13-,14-,15-,16+,18+,19+/m0/s1. The van der Waals surface area contributed by atoms with Crippen molar-refractivity contribution in [2.24, 2.45) is 35.5 Å². The van der Waals surface area contributed by atoms with Gasteiger partial charge in [0.15, 0.2) is 6.10 Å². The third-order valence-corrected chi connectivity index (χ3v) is 6.78. The Morgan fingerprint density at radius 3 is 2.18 bits per heavy atom. The van der Waals surface area contributed by atoms with Gasteiger partial charge in [-0.25, -0.2) is 0 Å². The summed E-state index contributed by atoms with van der Waals surface area (Å²) in [4.78, 5) is 51.5. The number of nitrogens with zero attached hydrogens (tertiary/aromatic N) is 1. The molecule has 5 aliphatic rings. The molecule has 0 radical (unpaired) electrons. The number of hydrogen-bond acceptors (Lipinski definition) is 5. The average Bonchev–Trinajstić information content (AvgIpc) is 3.49. The number of likely N-dealkylation sites (tertiary alicyclic amines) is 1. The van der Waals surface area contributed by atoms with Gasteiger partial charge >= 0.3 is 5.97 Å². The molecule has 6 heteroatoms. The molecule has 2 amide bonds.